The van der Waals surface area contributed by atoms with Crippen molar-refractivity contribution >= 4 is 0 Å². The molecule has 0 aromatic rings. The molecule has 0 bridgehead atoms. The molecule has 0 radical (unpaired) electrons. The van der Waals surface area contributed by atoms with Gasteiger partial charge in [0.05, 0.1) is 0 Å². The normalized spacial score (nSPS) is 13.0. The zero-order valence-electron chi connectivity index (χ0n) is 11.1. The van der Waals surface area contributed by atoms with Crippen molar-refractivity contribution in [2.24, 2.45) is 0 Å². The highest BCUT2D eigenvalue weighted by atomic mass is 13.9. The smallest absolute Gasteiger partial charge is 0.0285 e. The van der Waals surface area contributed by atoms with Crippen molar-refractivity contribution in [1.29, 1.82) is 0 Å². The predicted molar refractivity (Wildman–Crippen MR) is 75.5 cm³/mol. The number of allylic oxidation sites excluding steroid dienone is 9. The Morgan fingerprint density at radius 3 is 2.31 bits per heavy atom. The summed E-state index contributed by atoms with van der Waals surface area (Å²) in [7, 11) is 0. The van der Waals surface area contributed by atoms with E-state index in [-0.39, 0.29) is 0 Å². The minimum Gasteiger partial charge on any atom is -0.0991 e. The molecule has 0 rings (SSSR count). The molecule has 0 saturated carbocycles. The molecule has 0 aromatic heterocycles. The van der Waals surface area contributed by atoms with Gasteiger partial charge in [0.2, 0.25) is 0 Å². The average molecular weight is 216 g/mol. The lowest BCUT2D eigenvalue weighted by Gasteiger charge is -1.96. The van der Waals surface area contributed by atoms with Gasteiger partial charge in [-0.05, 0) is 40.5 Å². The van der Waals surface area contributed by atoms with Gasteiger partial charge in [-0.15, -0.1) is 0 Å². The van der Waals surface area contributed by atoms with E-state index in [1.165, 1.54) is 16.7 Å². The summed E-state index contributed by atoms with van der Waals surface area (Å²) < 4.78 is 0. The number of hydrogen-bond acceptors (Lipinski definition) is 0. The molecule has 0 unspecified atom stereocenters. The summed E-state index contributed by atoms with van der Waals surface area (Å²) in [6.45, 7) is 12.2. The molecule has 0 spiro atoms. The van der Waals surface area contributed by atoms with Gasteiger partial charge in [-0.1, -0.05) is 59.8 Å². The monoisotopic (exact) mass is 216 g/mol. The van der Waals surface area contributed by atoms with Gasteiger partial charge in [0.25, 0.3) is 0 Å². The highest BCUT2D eigenvalue weighted by molar-refractivity contribution is 5.24. The molecular weight excluding hydrogens is 192 g/mol. The Hall–Kier alpha value is -1.30. The molecule has 0 aliphatic carbocycles. The van der Waals surface area contributed by atoms with Gasteiger partial charge in [-0.25, -0.2) is 0 Å². The van der Waals surface area contributed by atoms with Crippen molar-refractivity contribution in [1.82, 2.24) is 0 Å². The molecule has 0 aliphatic rings. The van der Waals surface area contributed by atoms with Crippen LogP contribution in [0.15, 0.2) is 59.8 Å². The van der Waals surface area contributed by atoms with E-state index >= 15 is 0 Å². The molecule has 0 fully saturated rings. The van der Waals surface area contributed by atoms with Gasteiger partial charge in [0.1, 0.15) is 0 Å². The van der Waals surface area contributed by atoms with Gasteiger partial charge in [-0.3, -0.25) is 0 Å². The van der Waals surface area contributed by atoms with Gasteiger partial charge in [-0.2, -0.15) is 0 Å². The van der Waals surface area contributed by atoms with E-state index in [1.807, 2.05) is 12.2 Å². The Morgan fingerprint density at radius 2 is 1.75 bits per heavy atom. The molecule has 88 valence electrons. The summed E-state index contributed by atoms with van der Waals surface area (Å²) in [5, 5.41) is 0. The van der Waals surface area contributed by atoms with Crippen LogP contribution in [0.5, 0.6) is 0 Å². The molecule has 0 saturated heterocycles. The summed E-state index contributed by atoms with van der Waals surface area (Å²) in [6.07, 6.45) is 14.8. The summed E-state index contributed by atoms with van der Waals surface area (Å²) >= 11 is 0. The molecule has 0 heteroatoms. The first-order valence-electron chi connectivity index (χ1n) is 5.82. The molecule has 0 nitrogen and oxygen atoms in total. The van der Waals surface area contributed by atoms with E-state index in [1.54, 1.807) is 0 Å². The van der Waals surface area contributed by atoms with Crippen molar-refractivity contribution in [2.75, 3.05) is 0 Å². The number of hydrogen-bond donors (Lipinski definition) is 0. The third-order valence-corrected chi connectivity index (χ3v) is 2.21. The minimum absolute atomic E-state index is 1.14. The first kappa shape index (κ1) is 14.7. The van der Waals surface area contributed by atoms with Crippen molar-refractivity contribution in [3.05, 3.63) is 59.8 Å². The van der Waals surface area contributed by atoms with Crippen molar-refractivity contribution in [3.8, 4) is 0 Å². The largest absolute Gasteiger partial charge is 0.0991 e. The SMILES string of the molecule is C=CC=C(C)C=CC=C(C)CCC=C(C)C. The second-order valence-corrected chi connectivity index (χ2v) is 4.34. The van der Waals surface area contributed by atoms with Gasteiger partial charge in [0.15, 0.2) is 0 Å². The zero-order chi connectivity index (χ0) is 12.4. The molecule has 0 heterocycles. The second-order valence-electron chi connectivity index (χ2n) is 4.34. The highest BCUT2D eigenvalue weighted by Gasteiger charge is 1.86. The topological polar surface area (TPSA) is 0 Å². The maximum atomic E-state index is 3.67. The van der Waals surface area contributed by atoms with E-state index in [0.717, 1.165) is 12.8 Å². The van der Waals surface area contributed by atoms with E-state index in [4.69, 9.17) is 0 Å². The van der Waals surface area contributed by atoms with Crippen LogP contribution in [0.4, 0.5) is 0 Å². The lowest BCUT2D eigenvalue weighted by molar-refractivity contribution is 0.967. The molecule has 0 atom stereocenters. The molecule has 0 N–H and O–H groups in total. The Balaban J connectivity index is 4.09. The lowest BCUT2D eigenvalue weighted by atomic mass is 10.1. The van der Waals surface area contributed by atoms with Crippen LogP contribution >= 0.6 is 0 Å². The summed E-state index contributed by atoms with van der Waals surface area (Å²) in [5.74, 6) is 0. The van der Waals surface area contributed by atoms with E-state index in [9.17, 15) is 0 Å². The fraction of sp³-hybridized carbons (Fsp3) is 0.375. The van der Waals surface area contributed by atoms with E-state index < -0.39 is 0 Å². The first-order valence-corrected chi connectivity index (χ1v) is 5.82. The summed E-state index contributed by atoms with van der Waals surface area (Å²) in [6, 6.07) is 0. The van der Waals surface area contributed by atoms with Crippen LogP contribution < -0.4 is 0 Å². The molecule has 16 heavy (non-hydrogen) atoms. The van der Waals surface area contributed by atoms with Crippen LogP contribution in [0.3, 0.4) is 0 Å². The zero-order valence-corrected chi connectivity index (χ0v) is 11.1. The predicted octanol–water partition coefficient (Wildman–Crippen LogP) is 5.37. The fourth-order valence-electron chi connectivity index (χ4n) is 1.28. The van der Waals surface area contributed by atoms with Crippen LogP contribution in [-0.4, -0.2) is 0 Å². The van der Waals surface area contributed by atoms with Crippen molar-refractivity contribution in [2.45, 2.75) is 40.5 Å². The van der Waals surface area contributed by atoms with Gasteiger partial charge >= 0.3 is 0 Å². The molecule has 0 aliphatic heterocycles. The molecular formula is C16H24. The third-order valence-electron chi connectivity index (χ3n) is 2.21. The maximum absolute atomic E-state index is 3.67. The van der Waals surface area contributed by atoms with E-state index in [0.29, 0.717) is 0 Å². The summed E-state index contributed by atoms with van der Waals surface area (Å²) in [4.78, 5) is 0. The summed E-state index contributed by atoms with van der Waals surface area (Å²) in [5.41, 5.74) is 4.04. The Kier molecular flexibility index (Phi) is 8.24. The van der Waals surface area contributed by atoms with Crippen LogP contribution in [0.2, 0.25) is 0 Å². The average Bonchev–Trinajstić information content (AvgIpc) is 2.17. The Labute approximate surface area is 101 Å². The standard InChI is InChI=1S/C16H24/c1-6-9-15(4)12-8-13-16(5)11-7-10-14(2)3/h6,8-10,12-13H,1,7,11H2,2-5H3. The van der Waals surface area contributed by atoms with Crippen LogP contribution in [0.1, 0.15) is 40.5 Å². The third kappa shape index (κ3) is 9.26. The van der Waals surface area contributed by atoms with Crippen LogP contribution in [-0.2, 0) is 0 Å². The minimum atomic E-state index is 1.14. The van der Waals surface area contributed by atoms with Crippen LogP contribution in [0.25, 0.3) is 0 Å². The van der Waals surface area contributed by atoms with Crippen LogP contribution in [0, 0.1) is 0 Å². The first-order chi connectivity index (χ1) is 7.56. The van der Waals surface area contributed by atoms with Gasteiger partial charge in [0, 0.05) is 0 Å². The molecule has 0 amide bonds. The second kappa shape index (κ2) is 8.96. The van der Waals surface area contributed by atoms with E-state index in [2.05, 4.69) is 58.6 Å². The van der Waals surface area contributed by atoms with Gasteiger partial charge < -0.3 is 0 Å². The quantitative estimate of drug-likeness (QED) is 0.414. The highest BCUT2D eigenvalue weighted by Crippen LogP contribution is 2.07. The molecule has 0 aromatic carbocycles. The Morgan fingerprint density at radius 1 is 1.06 bits per heavy atom. The number of rotatable bonds is 6. The fourth-order valence-corrected chi connectivity index (χ4v) is 1.28. The Bertz CT molecular complexity index is 318. The van der Waals surface area contributed by atoms with Crippen molar-refractivity contribution < 1.29 is 0 Å². The lowest BCUT2D eigenvalue weighted by Crippen LogP contribution is -1.76. The van der Waals surface area contributed by atoms with Crippen molar-refractivity contribution in [3.63, 3.8) is 0 Å². The maximum Gasteiger partial charge on any atom is -0.0285 e.